The Morgan fingerprint density at radius 3 is 2.46 bits per heavy atom. The largest absolute Gasteiger partial charge is 0.378 e. The van der Waals surface area contributed by atoms with Gasteiger partial charge in [-0.3, -0.25) is 0 Å². The number of nitrogens with one attached hydrogen (secondary N) is 1. The highest BCUT2D eigenvalue weighted by Crippen LogP contribution is 2.39. The molecule has 13 heavy (non-hydrogen) atoms. The molecule has 0 amide bonds. The molecule has 0 bridgehead atoms. The van der Waals surface area contributed by atoms with Crippen LogP contribution in [-0.4, -0.2) is 31.2 Å². The quantitative estimate of drug-likeness (QED) is 0.718. The van der Waals surface area contributed by atoms with Crippen molar-refractivity contribution in [2.75, 3.05) is 13.2 Å². The van der Waals surface area contributed by atoms with Crippen molar-refractivity contribution in [3.05, 3.63) is 0 Å². The molecule has 0 aromatic heterocycles. The second-order valence-corrected chi connectivity index (χ2v) is 3.47. The van der Waals surface area contributed by atoms with E-state index in [1.165, 1.54) is 0 Å². The lowest BCUT2D eigenvalue weighted by Gasteiger charge is -2.47. The highest BCUT2D eigenvalue weighted by Gasteiger charge is 2.51. The van der Waals surface area contributed by atoms with Gasteiger partial charge in [0.25, 0.3) is 6.43 Å². The van der Waals surface area contributed by atoms with Gasteiger partial charge in [-0.25, -0.2) is 8.78 Å². The fraction of sp³-hybridized carbons (Fsp3) is 1.00. The molecule has 0 saturated heterocycles. The van der Waals surface area contributed by atoms with Crippen LogP contribution in [0.25, 0.3) is 0 Å². The Balaban J connectivity index is 2.38. The van der Waals surface area contributed by atoms with Crippen LogP contribution in [0.15, 0.2) is 0 Å². The molecule has 0 aliphatic heterocycles. The molecule has 0 spiro atoms. The van der Waals surface area contributed by atoms with Crippen LogP contribution in [0.3, 0.4) is 0 Å². The van der Waals surface area contributed by atoms with E-state index in [9.17, 15) is 8.78 Å². The second kappa shape index (κ2) is 4.33. The molecule has 2 nitrogen and oxygen atoms in total. The van der Waals surface area contributed by atoms with Crippen LogP contribution >= 0.6 is 0 Å². The van der Waals surface area contributed by atoms with E-state index >= 15 is 0 Å². The molecular formula is C9H17F2NO. The minimum absolute atomic E-state index is 0.0260. The van der Waals surface area contributed by atoms with Crippen molar-refractivity contribution in [2.45, 2.75) is 44.8 Å². The minimum atomic E-state index is -2.29. The maximum Gasteiger partial charge on any atom is 0.256 e. The number of halogens is 2. The second-order valence-electron chi connectivity index (χ2n) is 3.47. The van der Waals surface area contributed by atoms with Crippen molar-refractivity contribution in [1.29, 1.82) is 0 Å². The summed E-state index contributed by atoms with van der Waals surface area (Å²) in [4.78, 5) is 0. The van der Waals surface area contributed by atoms with Crippen LogP contribution in [-0.2, 0) is 4.74 Å². The molecule has 1 saturated carbocycles. The summed E-state index contributed by atoms with van der Waals surface area (Å²) < 4.78 is 30.5. The first kappa shape index (κ1) is 10.9. The molecule has 0 heterocycles. The Kier molecular flexibility index (Phi) is 3.62. The normalized spacial score (nSPS) is 33.5. The van der Waals surface area contributed by atoms with E-state index in [0.717, 1.165) is 0 Å². The van der Waals surface area contributed by atoms with Crippen molar-refractivity contribution in [1.82, 2.24) is 5.32 Å². The van der Waals surface area contributed by atoms with Crippen LogP contribution in [0.4, 0.5) is 8.78 Å². The number of ether oxygens (including phenoxy) is 1. The molecular weight excluding hydrogens is 176 g/mol. The first-order valence-electron chi connectivity index (χ1n) is 4.79. The van der Waals surface area contributed by atoms with E-state index in [1.807, 2.05) is 13.8 Å². The average molecular weight is 193 g/mol. The zero-order valence-electron chi connectivity index (χ0n) is 8.15. The number of hydrogen-bond donors (Lipinski definition) is 1. The zero-order chi connectivity index (χ0) is 9.90. The maximum atomic E-state index is 12.6. The molecule has 0 aromatic rings. The molecule has 78 valence electrons. The fourth-order valence-corrected chi connectivity index (χ4v) is 1.86. The summed E-state index contributed by atoms with van der Waals surface area (Å²) in [6.07, 6.45) is -1.39. The van der Waals surface area contributed by atoms with Crippen molar-refractivity contribution >= 4 is 0 Å². The molecule has 1 rings (SSSR count). The molecule has 1 aliphatic carbocycles. The molecule has 0 radical (unpaired) electrons. The maximum absolute atomic E-state index is 12.6. The van der Waals surface area contributed by atoms with Gasteiger partial charge in [0.05, 0.1) is 11.6 Å². The van der Waals surface area contributed by atoms with Gasteiger partial charge in [0, 0.05) is 6.61 Å². The summed E-state index contributed by atoms with van der Waals surface area (Å²) in [6, 6.07) is 0. The minimum Gasteiger partial charge on any atom is -0.378 e. The first-order valence-corrected chi connectivity index (χ1v) is 4.79. The van der Waals surface area contributed by atoms with Gasteiger partial charge in [-0.05, 0) is 26.3 Å². The summed E-state index contributed by atoms with van der Waals surface area (Å²) in [5.41, 5.74) is -0.964. The number of rotatable bonds is 5. The monoisotopic (exact) mass is 193 g/mol. The van der Waals surface area contributed by atoms with Crippen LogP contribution in [0.2, 0.25) is 0 Å². The molecule has 1 N–H and O–H groups in total. The smallest absolute Gasteiger partial charge is 0.256 e. The van der Waals surface area contributed by atoms with E-state index in [2.05, 4.69) is 5.32 Å². The van der Waals surface area contributed by atoms with E-state index in [1.54, 1.807) is 0 Å². The molecule has 0 atom stereocenters. The number of alkyl halides is 2. The Labute approximate surface area is 77.6 Å². The van der Waals surface area contributed by atoms with Crippen LogP contribution in [0.1, 0.15) is 26.7 Å². The molecule has 0 unspecified atom stereocenters. The van der Waals surface area contributed by atoms with E-state index < -0.39 is 12.0 Å². The lowest BCUT2D eigenvalue weighted by molar-refractivity contribution is -0.110. The average Bonchev–Trinajstić information content (AvgIpc) is 2.00. The fourth-order valence-electron chi connectivity index (χ4n) is 1.86. The summed E-state index contributed by atoms with van der Waals surface area (Å²) in [5.74, 6) is 0. The zero-order valence-corrected chi connectivity index (χ0v) is 8.15. The van der Waals surface area contributed by atoms with Gasteiger partial charge in [-0.15, -0.1) is 0 Å². The van der Waals surface area contributed by atoms with Gasteiger partial charge in [-0.2, -0.15) is 0 Å². The van der Waals surface area contributed by atoms with Crippen molar-refractivity contribution < 1.29 is 13.5 Å². The first-order chi connectivity index (χ1) is 6.14. The highest BCUT2D eigenvalue weighted by atomic mass is 19.3. The molecule has 4 heteroatoms. The van der Waals surface area contributed by atoms with Gasteiger partial charge >= 0.3 is 0 Å². The Morgan fingerprint density at radius 1 is 1.46 bits per heavy atom. The van der Waals surface area contributed by atoms with Crippen molar-refractivity contribution in [3.63, 3.8) is 0 Å². The Morgan fingerprint density at radius 2 is 2.08 bits per heavy atom. The van der Waals surface area contributed by atoms with Gasteiger partial charge in [0.2, 0.25) is 0 Å². The summed E-state index contributed by atoms with van der Waals surface area (Å²) >= 11 is 0. The van der Waals surface area contributed by atoms with Crippen LogP contribution in [0.5, 0.6) is 0 Å². The molecule has 1 aliphatic rings. The third-order valence-corrected chi connectivity index (χ3v) is 2.53. The highest BCUT2D eigenvalue weighted by molar-refractivity contribution is 5.03. The summed E-state index contributed by atoms with van der Waals surface area (Å²) in [6.45, 7) is 4.92. The SMILES string of the molecule is CCNC1(C(F)F)CC(OCC)C1. The standard InChI is InChI=1S/C9H17F2NO/c1-3-12-9(8(10)11)5-7(6-9)13-4-2/h7-8,12H,3-6H2,1-2H3. The molecule has 0 aromatic carbocycles. The third-order valence-electron chi connectivity index (χ3n) is 2.53. The predicted molar refractivity (Wildman–Crippen MR) is 47.1 cm³/mol. The lowest BCUT2D eigenvalue weighted by atomic mass is 9.74. The van der Waals surface area contributed by atoms with Gasteiger partial charge < -0.3 is 10.1 Å². The predicted octanol–water partition coefficient (Wildman–Crippen LogP) is 1.80. The van der Waals surface area contributed by atoms with Crippen molar-refractivity contribution in [2.24, 2.45) is 0 Å². The number of hydrogen-bond acceptors (Lipinski definition) is 2. The van der Waals surface area contributed by atoms with E-state index in [-0.39, 0.29) is 6.10 Å². The van der Waals surface area contributed by atoms with Crippen molar-refractivity contribution in [3.8, 4) is 0 Å². The molecule has 1 fully saturated rings. The van der Waals surface area contributed by atoms with E-state index in [4.69, 9.17) is 4.74 Å². The Bertz CT molecular complexity index is 158. The third kappa shape index (κ3) is 2.17. The van der Waals surface area contributed by atoms with Crippen LogP contribution in [0, 0.1) is 0 Å². The lowest BCUT2D eigenvalue weighted by Crippen LogP contribution is -2.62. The van der Waals surface area contributed by atoms with E-state index in [0.29, 0.717) is 26.0 Å². The van der Waals surface area contributed by atoms with Gasteiger partial charge in [-0.1, -0.05) is 6.92 Å². The van der Waals surface area contributed by atoms with Gasteiger partial charge in [0.15, 0.2) is 0 Å². The topological polar surface area (TPSA) is 21.3 Å². The summed E-state index contributed by atoms with van der Waals surface area (Å²) in [7, 11) is 0. The van der Waals surface area contributed by atoms with Gasteiger partial charge in [0.1, 0.15) is 0 Å². The Hall–Kier alpha value is -0.220. The van der Waals surface area contributed by atoms with Crippen LogP contribution < -0.4 is 5.32 Å². The summed E-state index contributed by atoms with van der Waals surface area (Å²) in [5, 5.41) is 2.85.